The molecule has 0 aliphatic rings. The number of phosphoric acid groups is 2. The quantitative estimate of drug-likeness (QED) is 0.0222. The molecule has 0 radical (unpaired) electrons. The van der Waals surface area contributed by atoms with Gasteiger partial charge in [0.05, 0.1) is 26.4 Å². The third-order valence-corrected chi connectivity index (χ3v) is 20.7. The lowest BCUT2D eigenvalue weighted by Gasteiger charge is -2.21. The van der Waals surface area contributed by atoms with Crippen molar-refractivity contribution >= 4 is 39.5 Å². The number of aliphatic hydroxyl groups excluding tert-OH is 1. The minimum absolute atomic E-state index is 0.102. The highest BCUT2D eigenvalue weighted by Gasteiger charge is 2.30. The van der Waals surface area contributed by atoms with E-state index in [0.29, 0.717) is 31.6 Å². The Bertz CT molecular complexity index is 1910. The van der Waals surface area contributed by atoms with Crippen molar-refractivity contribution in [1.82, 2.24) is 0 Å². The van der Waals surface area contributed by atoms with Gasteiger partial charge in [-0.2, -0.15) is 0 Å². The molecule has 19 heteroatoms. The highest BCUT2D eigenvalue weighted by atomic mass is 31.2. The van der Waals surface area contributed by atoms with Crippen LogP contribution in [-0.2, 0) is 65.4 Å². The molecule has 0 aliphatic carbocycles. The van der Waals surface area contributed by atoms with E-state index in [1.807, 2.05) is 0 Å². The summed E-state index contributed by atoms with van der Waals surface area (Å²) in [4.78, 5) is 72.8. The summed E-state index contributed by atoms with van der Waals surface area (Å²) in [6.07, 6.45) is 53.0. The monoisotopic (exact) mass is 1420 g/mol. The first-order valence-corrected chi connectivity index (χ1v) is 43.3. The molecule has 0 heterocycles. The second-order valence-corrected chi connectivity index (χ2v) is 32.4. The minimum Gasteiger partial charge on any atom is -0.462 e. The summed E-state index contributed by atoms with van der Waals surface area (Å²) in [6.45, 7) is 14.2. The Morgan fingerprint density at radius 3 is 0.732 bits per heavy atom. The molecule has 5 unspecified atom stereocenters. The fourth-order valence-corrected chi connectivity index (χ4v) is 13.4. The molecule has 0 fully saturated rings. The maximum atomic E-state index is 13.1. The van der Waals surface area contributed by atoms with E-state index < -0.39 is 97.5 Å². The predicted octanol–water partition coefficient (Wildman–Crippen LogP) is 22.8. The van der Waals surface area contributed by atoms with Gasteiger partial charge in [-0.15, -0.1) is 0 Å². The van der Waals surface area contributed by atoms with Crippen LogP contribution in [0.3, 0.4) is 0 Å². The van der Waals surface area contributed by atoms with Gasteiger partial charge in [-0.3, -0.25) is 37.3 Å². The zero-order valence-electron chi connectivity index (χ0n) is 63.7. The Labute approximate surface area is 594 Å². The molecule has 0 saturated heterocycles. The number of ether oxygens (including phenoxy) is 4. The van der Waals surface area contributed by atoms with Gasteiger partial charge >= 0.3 is 39.5 Å². The van der Waals surface area contributed by atoms with Crippen LogP contribution in [0.15, 0.2) is 0 Å². The molecule has 0 rings (SSSR count). The third-order valence-electron chi connectivity index (χ3n) is 18.8. The van der Waals surface area contributed by atoms with E-state index in [-0.39, 0.29) is 25.7 Å². The molecular weight excluding hydrogens is 1270 g/mol. The normalized spacial score (nSPS) is 14.6. The van der Waals surface area contributed by atoms with Crippen molar-refractivity contribution in [3.05, 3.63) is 0 Å². The fraction of sp³-hybridized carbons (Fsp3) is 0.949. The molecule has 576 valence electrons. The number of hydrogen-bond donors (Lipinski definition) is 3. The van der Waals surface area contributed by atoms with Crippen LogP contribution in [0.1, 0.15) is 396 Å². The van der Waals surface area contributed by atoms with E-state index in [0.717, 1.165) is 114 Å². The number of carbonyl (C=O) groups excluding carboxylic acids is 4. The van der Waals surface area contributed by atoms with Gasteiger partial charge in [0, 0.05) is 25.7 Å². The Balaban J connectivity index is 5.20. The van der Waals surface area contributed by atoms with E-state index in [4.69, 9.17) is 37.0 Å². The number of phosphoric ester groups is 2. The van der Waals surface area contributed by atoms with Gasteiger partial charge < -0.3 is 33.8 Å². The van der Waals surface area contributed by atoms with Gasteiger partial charge in [-0.05, 0) is 49.4 Å². The molecule has 0 aromatic heterocycles. The number of aliphatic hydroxyl groups is 1. The molecule has 97 heavy (non-hydrogen) atoms. The first-order chi connectivity index (χ1) is 46.7. The number of carbonyl (C=O) groups is 4. The highest BCUT2D eigenvalue weighted by Crippen LogP contribution is 2.45. The molecule has 0 aliphatic heterocycles. The van der Waals surface area contributed by atoms with Gasteiger partial charge in [0.15, 0.2) is 12.2 Å². The van der Waals surface area contributed by atoms with Crippen molar-refractivity contribution in [3.63, 3.8) is 0 Å². The van der Waals surface area contributed by atoms with Crippen LogP contribution in [0, 0.1) is 23.7 Å². The van der Waals surface area contributed by atoms with Crippen LogP contribution in [-0.4, -0.2) is 96.7 Å². The number of hydrogen-bond acceptors (Lipinski definition) is 15. The average Bonchev–Trinajstić information content (AvgIpc) is 1.25. The van der Waals surface area contributed by atoms with Gasteiger partial charge in [0.2, 0.25) is 0 Å². The summed E-state index contributed by atoms with van der Waals surface area (Å²) in [6, 6.07) is 0. The van der Waals surface area contributed by atoms with Crippen LogP contribution in [0.25, 0.3) is 0 Å². The number of rotatable bonds is 75. The lowest BCUT2D eigenvalue weighted by atomic mass is 9.99. The van der Waals surface area contributed by atoms with E-state index in [9.17, 15) is 43.2 Å². The van der Waals surface area contributed by atoms with Crippen molar-refractivity contribution in [2.24, 2.45) is 23.7 Å². The molecule has 7 atom stereocenters. The zero-order valence-corrected chi connectivity index (χ0v) is 65.5. The van der Waals surface area contributed by atoms with Crippen molar-refractivity contribution in [1.29, 1.82) is 0 Å². The number of esters is 4. The Morgan fingerprint density at radius 1 is 0.289 bits per heavy atom. The van der Waals surface area contributed by atoms with Crippen molar-refractivity contribution < 1.29 is 80.2 Å². The van der Waals surface area contributed by atoms with Gasteiger partial charge in [-0.25, -0.2) is 9.13 Å². The van der Waals surface area contributed by atoms with E-state index in [1.54, 1.807) is 0 Å². The summed E-state index contributed by atoms with van der Waals surface area (Å²) in [5.74, 6) is 0.955. The maximum Gasteiger partial charge on any atom is 0.472 e. The second kappa shape index (κ2) is 67.2. The summed E-state index contributed by atoms with van der Waals surface area (Å²) in [5, 5.41) is 10.6. The van der Waals surface area contributed by atoms with Gasteiger partial charge in [-0.1, -0.05) is 344 Å². The van der Waals surface area contributed by atoms with E-state index in [2.05, 4.69) is 55.4 Å². The molecule has 0 amide bonds. The largest absolute Gasteiger partial charge is 0.472 e. The van der Waals surface area contributed by atoms with E-state index >= 15 is 0 Å². The van der Waals surface area contributed by atoms with Crippen molar-refractivity contribution in [2.75, 3.05) is 39.6 Å². The Morgan fingerprint density at radius 2 is 0.495 bits per heavy atom. The Hall–Kier alpha value is -1.94. The molecule has 0 spiro atoms. The first-order valence-electron chi connectivity index (χ1n) is 40.3. The lowest BCUT2D eigenvalue weighted by molar-refractivity contribution is -0.161. The molecule has 0 aromatic carbocycles. The standard InChI is InChI=1S/C78H152O17P2/c1-9-70(7)56-48-40-32-26-22-17-15-13-11-12-14-16-18-24-28-34-44-52-60-77(82)94-73(64-88-75(80)58-50-42-33-27-23-20-19-21-25-30-38-46-54-68(3)4)66-92-96(84,85)90-62-72(79)63-91-97(86,87)93-67-74(95-78(83)61-53-45-37-36-41-49-57-71(8)10-2)65-89-76(81)59-51-43-35-29-31-39-47-55-69(5)6/h68-74,79H,9-67H2,1-8H3,(H,84,85)(H,86,87)/t70?,71?,72?,73-,74-/m1/s1. The molecule has 3 N–H and O–H groups in total. The van der Waals surface area contributed by atoms with Crippen molar-refractivity contribution in [3.8, 4) is 0 Å². The van der Waals surface area contributed by atoms with Crippen LogP contribution in [0.2, 0.25) is 0 Å². The van der Waals surface area contributed by atoms with Crippen LogP contribution in [0.4, 0.5) is 0 Å². The summed E-state index contributed by atoms with van der Waals surface area (Å²) >= 11 is 0. The zero-order chi connectivity index (χ0) is 71.7. The summed E-state index contributed by atoms with van der Waals surface area (Å²) in [7, 11) is -9.91. The molecule has 0 bridgehead atoms. The van der Waals surface area contributed by atoms with E-state index in [1.165, 1.54) is 193 Å². The molecule has 0 saturated carbocycles. The highest BCUT2D eigenvalue weighted by molar-refractivity contribution is 7.47. The second-order valence-electron chi connectivity index (χ2n) is 29.5. The molecular formula is C78H152O17P2. The summed E-state index contributed by atoms with van der Waals surface area (Å²) in [5.41, 5.74) is 0. The van der Waals surface area contributed by atoms with Gasteiger partial charge in [0.1, 0.15) is 19.3 Å². The topological polar surface area (TPSA) is 237 Å². The SMILES string of the molecule is CCC(C)CCCCCCCCCCCCCCCCCCCCC(=O)O[C@H](COC(=O)CCCCCCCCCCCCCCC(C)C)COP(=O)(O)OCC(O)COP(=O)(O)OC[C@@H](COC(=O)CCCCCCCCCC(C)C)OC(=O)CCCCCCCCC(C)CC. The predicted molar refractivity (Wildman–Crippen MR) is 395 cm³/mol. The van der Waals surface area contributed by atoms with Crippen LogP contribution >= 0.6 is 15.6 Å². The van der Waals surface area contributed by atoms with Crippen molar-refractivity contribution in [2.45, 2.75) is 414 Å². The third kappa shape index (κ3) is 69.5. The van der Waals surface area contributed by atoms with Crippen LogP contribution in [0.5, 0.6) is 0 Å². The van der Waals surface area contributed by atoms with Gasteiger partial charge in [0.25, 0.3) is 0 Å². The smallest absolute Gasteiger partial charge is 0.462 e. The first kappa shape index (κ1) is 95.1. The fourth-order valence-electron chi connectivity index (χ4n) is 11.8. The summed E-state index contributed by atoms with van der Waals surface area (Å²) < 4.78 is 68.5. The minimum atomic E-state index is -4.96. The Kier molecular flexibility index (Phi) is 65.9. The van der Waals surface area contributed by atoms with Crippen LogP contribution < -0.4 is 0 Å². The molecule has 0 aromatic rings. The number of unbranched alkanes of at least 4 members (excludes halogenated alkanes) is 39. The maximum absolute atomic E-state index is 13.1. The lowest BCUT2D eigenvalue weighted by Crippen LogP contribution is -2.30. The average molecular weight is 1420 g/mol. The molecule has 17 nitrogen and oxygen atoms in total.